The van der Waals surface area contributed by atoms with Crippen LogP contribution >= 0.6 is 0 Å². The lowest BCUT2D eigenvalue weighted by atomic mass is 10.1. The zero-order valence-corrected chi connectivity index (χ0v) is 15.2. The Morgan fingerprint density at radius 2 is 1.08 bits per heavy atom. The summed E-state index contributed by atoms with van der Waals surface area (Å²) in [5.41, 5.74) is 3.89. The minimum Gasteiger partial charge on any atom is -0.508 e. The van der Waals surface area contributed by atoms with Crippen LogP contribution < -0.4 is 0 Å². The molecule has 0 heterocycles. The second-order valence-electron chi connectivity index (χ2n) is 5.87. The van der Waals surface area contributed by atoms with E-state index in [1.54, 1.807) is 18.2 Å². The van der Waals surface area contributed by atoms with Gasteiger partial charge in [0.1, 0.15) is 17.2 Å². The van der Waals surface area contributed by atoms with Gasteiger partial charge in [-0.3, -0.25) is 0 Å². The van der Waals surface area contributed by atoms with Crippen LogP contribution in [0.2, 0.25) is 0 Å². The van der Waals surface area contributed by atoms with Gasteiger partial charge in [-0.05, 0) is 68.1 Å². The Morgan fingerprint density at radius 1 is 0.560 bits per heavy atom. The molecular formula is C22H26O3. The molecule has 3 nitrogen and oxygen atoms in total. The van der Waals surface area contributed by atoms with Crippen molar-refractivity contribution in [3.8, 4) is 17.2 Å². The minimum absolute atomic E-state index is 0.338. The fraction of sp³-hybridized carbons (Fsp3) is 0.182. The molecule has 25 heavy (non-hydrogen) atoms. The van der Waals surface area contributed by atoms with Crippen LogP contribution in [0.4, 0.5) is 0 Å². The van der Waals surface area contributed by atoms with Gasteiger partial charge in [0.25, 0.3) is 0 Å². The van der Waals surface area contributed by atoms with Crippen LogP contribution in [0.3, 0.4) is 0 Å². The van der Waals surface area contributed by atoms with E-state index in [0.717, 1.165) is 22.3 Å². The van der Waals surface area contributed by atoms with Gasteiger partial charge >= 0.3 is 0 Å². The van der Waals surface area contributed by atoms with Crippen molar-refractivity contribution in [2.24, 2.45) is 0 Å². The number of hydrogen-bond donors (Lipinski definition) is 3. The zero-order valence-electron chi connectivity index (χ0n) is 15.2. The van der Waals surface area contributed by atoms with Crippen molar-refractivity contribution in [1.82, 2.24) is 0 Å². The van der Waals surface area contributed by atoms with E-state index in [1.165, 1.54) is 0 Å². The molecule has 0 bridgehead atoms. The van der Waals surface area contributed by atoms with E-state index in [9.17, 15) is 5.11 Å². The van der Waals surface area contributed by atoms with Crippen LogP contribution in [0.15, 0.2) is 66.7 Å². The first-order valence-corrected chi connectivity index (χ1v) is 8.06. The Hall–Kier alpha value is -2.94. The van der Waals surface area contributed by atoms with Crippen LogP contribution in [0, 0.1) is 27.7 Å². The molecule has 3 aromatic carbocycles. The molecule has 0 aromatic heterocycles. The maximum atomic E-state index is 9.21. The van der Waals surface area contributed by atoms with Gasteiger partial charge in [-0.15, -0.1) is 0 Å². The Kier molecular flexibility index (Phi) is 8.07. The predicted octanol–water partition coefficient (Wildman–Crippen LogP) is 5.41. The molecule has 3 rings (SSSR count). The summed E-state index contributed by atoms with van der Waals surface area (Å²) >= 11 is 0. The van der Waals surface area contributed by atoms with Crippen molar-refractivity contribution in [3.05, 3.63) is 89.0 Å². The molecule has 0 fully saturated rings. The first-order valence-electron chi connectivity index (χ1n) is 8.06. The Labute approximate surface area is 149 Å². The first kappa shape index (κ1) is 20.1. The lowest BCUT2D eigenvalue weighted by Crippen LogP contribution is -1.76. The third-order valence-corrected chi connectivity index (χ3v) is 3.56. The van der Waals surface area contributed by atoms with Crippen molar-refractivity contribution >= 4 is 0 Å². The molecule has 3 heteroatoms. The smallest absolute Gasteiger partial charge is 0.121 e. The molecular weight excluding hydrogens is 312 g/mol. The number of phenolic OH excluding ortho intramolecular Hbond substituents is 3. The second-order valence-corrected chi connectivity index (χ2v) is 5.87. The molecule has 0 spiro atoms. The van der Waals surface area contributed by atoms with Crippen molar-refractivity contribution in [1.29, 1.82) is 0 Å². The molecule has 0 saturated heterocycles. The maximum absolute atomic E-state index is 9.21. The first-order chi connectivity index (χ1) is 11.8. The molecule has 3 N–H and O–H groups in total. The van der Waals surface area contributed by atoms with Gasteiger partial charge in [0.15, 0.2) is 0 Å². The molecule has 0 amide bonds. The Balaban J connectivity index is 0.000000188. The molecule has 0 aliphatic heterocycles. The van der Waals surface area contributed by atoms with E-state index in [-0.39, 0.29) is 0 Å². The van der Waals surface area contributed by atoms with Crippen LogP contribution in [-0.4, -0.2) is 15.3 Å². The van der Waals surface area contributed by atoms with Crippen molar-refractivity contribution in [2.45, 2.75) is 27.7 Å². The highest BCUT2D eigenvalue weighted by molar-refractivity contribution is 5.38. The van der Waals surface area contributed by atoms with Gasteiger partial charge in [-0.2, -0.15) is 0 Å². The van der Waals surface area contributed by atoms with E-state index >= 15 is 0 Å². The monoisotopic (exact) mass is 338 g/mol. The summed E-state index contributed by atoms with van der Waals surface area (Å²) < 4.78 is 0. The number of hydrogen-bond acceptors (Lipinski definition) is 3. The van der Waals surface area contributed by atoms with Crippen molar-refractivity contribution in [2.75, 3.05) is 0 Å². The summed E-state index contributed by atoms with van der Waals surface area (Å²) in [4.78, 5) is 0. The maximum Gasteiger partial charge on any atom is 0.121 e. The number of aryl methyl sites for hydroxylation is 4. The fourth-order valence-corrected chi connectivity index (χ4v) is 2.00. The second kappa shape index (κ2) is 10.0. The van der Waals surface area contributed by atoms with E-state index in [2.05, 4.69) is 0 Å². The highest BCUT2D eigenvalue weighted by atomic mass is 16.3. The van der Waals surface area contributed by atoms with Gasteiger partial charge in [0.05, 0.1) is 0 Å². The topological polar surface area (TPSA) is 60.7 Å². The number of rotatable bonds is 0. The summed E-state index contributed by atoms with van der Waals surface area (Å²) in [6.45, 7) is 7.60. The third kappa shape index (κ3) is 7.44. The fourth-order valence-electron chi connectivity index (χ4n) is 2.00. The minimum atomic E-state index is 0.338. The van der Waals surface area contributed by atoms with E-state index in [0.29, 0.717) is 17.2 Å². The average molecular weight is 338 g/mol. The van der Waals surface area contributed by atoms with Gasteiger partial charge < -0.3 is 15.3 Å². The van der Waals surface area contributed by atoms with Crippen LogP contribution in [0.25, 0.3) is 0 Å². The summed E-state index contributed by atoms with van der Waals surface area (Å²) in [6.07, 6.45) is 0. The molecule has 0 aliphatic rings. The number of benzene rings is 3. The summed E-state index contributed by atoms with van der Waals surface area (Å²) in [6, 6.07) is 20.1. The lowest BCUT2D eigenvalue weighted by Gasteiger charge is -1.99. The van der Waals surface area contributed by atoms with Crippen molar-refractivity contribution < 1.29 is 15.3 Å². The van der Waals surface area contributed by atoms with Crippen molar-refractivity contribution in [3.63, 3.8) is 0 Å². The predicted molar refractivity (Wildman–Crippen MR) is 103 cm³/mol. The van der Waals surface area contributed by atoms with Gasteiger partial charge in [-0.1, -0.05) is 48.5 Å². The molecule has 0 atom stereocenters. The molecule has 3 aromatic rings. The Bertz CT molecular complexity index is 736. The average Bonchev–Trinajstić information content (AvgIpc) is 2.56. The lowest BCUT2D eigenvalue weighted by molar-refractivity contribution is 0.467. The standard InChI is InChI=1S/C8H10O.2C7H8O/c1-6-4-3-5-7(2)8(6)9;1-6-3-2-4-7(8)5-6;1-6-4-2-3-5-7(6)8/h3-5,9H,1-2H3;2*2-5,8H,1H3. The van der Waals surface area contributed by atoms with Gasteiger partial charge in [0, 0.05) is 0 Å². The zero-order chi connectivity index (χ0) is 18.8. The molecule has 0 saturated carbocycles. The molecule has 0 aliphatic carbocycles. The van der Waals surface area contributed by atoms with Gasteiger partial charge in [0.2, 0.25) is 0 Å². The number of aromatic hydroxyl groups is 3. The quantitative estimate of drug-likeness (QED) is 0.513. The highest BCUT2D eigenvalue weighted by Crippen LogP contribution is 2.19. The van der Waals surface area contributed by atoms with E-state index < -0.39 is 0 Å². The van der Waals surface area contributed by atoms with Crippen LogP contribution in [0.1, 0.15) is 22.3 Å². The molecule has 0 radical (unpaired) electrons. The molecule has 0 unspecified atom stereocenters. The highest BCUT2D eigenvalue weighted by Gasteiger charge is 1.95. The third-order valence-electron chi connectivity index (χ3n) is 3.56. The van der Waals surface area contributed by atoms with Crippen LogP contribution in [0.5, 0.6) is 17.2 Å². The number of para-hydroxylation sites is 2. The Morgan fingerprint density at radius 3 is 1.44 bits per heavy atom. The SMILES string of the molecule is Cc1cccc(C)c1O.Cc1cccc(O)c1.Cc1ccccc1O. The summed E-state index contributed by atoms with van der Waals surface area (Å²) in [5.74, 6) is 1.12. The van der Waals surface area contributed by atoms with Crippen LogP contribution in [-0.2, 0) is 0 Å². The van der Waals surface area contributed by atoms with Gasteiger partial charge in [-0.25, -0.2) is 0 Å². The summed E-state index contributed by atoms with van der Waals surface area (Å²) in [5, 5.41) is 26.9. The summed E-state index contributed by atoms with van der Waals surface area (Å²) in [7, 11) is 0. The van der Waals surface area contributed by atoms with E-state index in [4.69, 9.17) is 10.2 Å². The van der Waals surface area contributed by atoms with E-state index in [1.807, 2.05) is 76.2 Å². The largest absolute Gasteiger partial charge is 0.508 e. The number of phenols is 3. The molecule has 132 valence electrons. The normalized spacial score (nSPS) is 9.28.